The lowest BCUT2D eigenvalue weighted by molar-refractivity contribution is 0.0916. The van der Waals surface area contributed by atoms with E-state index in [-0.39, 0.29) is 28.4 Å². The number of fused-ring (bicyclic) bond motifs is 1. The lowest BCUT2D eigenvalue weighted by Gasteiger charge is -2.19. The van der Waals surface area contributed by atoms with Gasteiger partial charge in [-0.15, -0.1) is 5.10 Å². The summed E-state index contributed by atoms with van der Waals surface area (Å²) in [4.78, 5) is 28.6. The quantitative estimate of drug-likeness (QED) is 0.888. The number of hydrogen-bond acceptors (Lipinski definition) is 5. The van der Waals surface area contributed by atoms with Gasteiger partial charge >= 0.3 is 5.69 Å². The predicted molar refractivity (Wildman–Crippen MR) is 81.7 cm³/mol. The molecule has 8 nitrogen and oxygen atoms in total. The maximum Gasteiger partial charge on any atom is 0.352 e. The number of rotatable bonds is 2. The fourth-order valence-corrected chi connectivity index (χ4v) is 1.94. The summed E-state index contributed by atoms with van der Waals surface area (Å²) < 4.78 is 2.52. The summed E-state index contributed by atoms with van der Waals surface area (Å²) in [7, 11) is 0. The van der Waals surface area contributed by atoms with E-state index in [0.717, 1.165) is 0 Å². The van der Waals surface area contributed by atoms with Crippen LogP contribution in [0.1, 0.15) is 52.0 Å². The van der Waals surface area contributed by atoms with Crippen LogP contribution in [0, 0.1) is 5.41 Å². The standard InChI is InChI=1S/C14H22N6O2/c1-13(2,3)7-20-12(22)19-8-15-9(10(19)17-18-20)11(21)16-14(4,5)6/h8H,7H2,1-6H3,(H,16,21). The molecule has 0 saturated heterocycles. The number of nitrogens with one attached hydrogen (secondary N) is 1. The minimum absolute atomic E-state index is 0.0995. The predicted octanol–water partition coefficient (Wildman–Crippen LogP) is 0.860. The Morgan fingerprint density at radius 1 is 1.23 bits per heavy atom. The number of hydrogen-bond donors (Lipinski definition) is 1. The number of nitrogens with zero attached hydrogens (tertiary/aromatic N) is 5. The number of imidazole rings is 1. The van der Waals surface area contributed by atoms with Gasteiger partial charge in [0.05, 0.1) is 6.54 Å². The Kier molecular flexibility index (Phi) is 3.80. The van der Waals surface area contributed by atoms with Crippen LogP contribution in [0.15, 0.2) is 11.1 Å². The molecule has 0 aromatic carbocycles. The third-order valence-electron chi connectivity index (χ3n) is 2.74. The Morgan fingerprint density at radius 2 is 1.86 bits per heavy atom. The van der Waals surface area contributed by atoms with E-state index >= 15 is 0 Å². The van der Waals surface area contributed by atoms with Crippen molar-refractivity contribution in [3.8, 4) is 0 Å². The fraction of sp³-hybridized carbons (Fsp3) is 0.643. The van der Waals surface area contributed by atoms with Crippen LogP contribution < -0.4 is 11.0 Å². The van der Waals surface area contributed by atoms with E-state index < -0.39 is 5.54 Å². The van der Waals surface area contributed by atoms with E-state index in [0.29, 0.717) is 6.54 Å². The van der Waals surface area contributed by atoms with Gasteiger partial charge in [-0.1, -0.05) is 26.0 Å². The van der Waals surface area contributed by atoms with Crippen molar-refractivity contribution in [3.63, 3.8) is 0 Å². The number of amides is 1. The van der Waals surface area contributed by atoms with Crippen molar-refractivity contribution in [2.75, 3.05) is 0 Å². The molecule has 2 aromatic heterocycles. The van der Waals surface area contributed by atoms with E-state index in [4.69, 9.17) is 0 Å². The highest BCUT2D eigenvalue weighted by Crippen LogP contribution is 2.14. The maximum absolute atomic E-state index is 12.4. The van der Waals surface area contributed by atoms with Crippen LogP contribution in [0.4, 0.5) is 0 Å². The van der Waals surface area contributed by atoms with E-state index in [1.54, 1.807) is 0 Å². The zero-order valence-electron chi connectivity index (χ0n) is 13.8. The van der Waals surface area contributed by atoms with Crippen molar-refractivity contribution in [1.82, 2.24) is 29.7 Å². The summed E-state index contributed by atoms with van der Waals surface area (Å²) >= 11 is 0. The zero-order valence-corrected chi connectivity index (χ0v) is 13.8. The van der Waals surface area contributed by atoms with Gasteiger partial charge in [-0.25, -0.2) is 14.2 Å². The molecule has 1 N–H and O–H groups in total. The van der Waals surface area contributed by atoms with Gasteiger partial charge in [0.2, 0.25) is 0 Å². The second kappa shape index (κ2) is 5.19. The first-order valence-corrected chi connectivity index (χ1v) is 7.11. The molecule has 0 aliphatic rings. The van der Waals surface area contributed by atoms with E-state index in [2.05, 4.69) is 20.6 Å². The minimum Gasteiger partial charge on any atom is -0.346 e. The fourth-order valence-electron chi connectivity index (χ4n) is 1.94. The summed E-state index contributed by atoms with van der Waals surface area (Å²) in [5, 5.41) is 10.7. The topological polar surface area (TPSA) is 94.2 Å². The Hall–Kier alpha value is -2.25. The molecule has 0 aliphatic heterocycles. The van der Waals surface area contributed by atoms with Crippen LogP contribution in [0.2, 0.25) is 0 Å². The van der Waals surface area contributed by atoms with Crippen LogP contribution in [0.25, 0.3) is 5.65 Å². The second-order valence-electron chi connectivity index (χ2n) is 7.58. The molecule has 2 heterocycles. The molecule has 0 saturated carbocycles. The van der Waals surface area contributed by atoms with Gasteiger partial charge in [0.25, 0.3) is 5.91 Å². The summed E-state index contributed by atoms with van der Waals surface area (Å²) in [6.45, 7) is 12.0. The number of carbonyl (C=O) groups excluding carboxylic acids is 1. The third-order valence-corrected chi connectivity index (χ3v) is 2.74. The van der Waals surface area contributed by atoms with Gasteiger partial charge in [0.1, 0.15) is 6.33 Å². The minimum atomic E-state index is -0.401. The Bertz CT molecular complexity index is 760. The van der Waals surface area contributed by atoms with Crippen LogP contribution >= 0.6 is 0 Å². The van der Waals surface area contributed by atoms with E-state index in [1.807, 2.05) is 41.5 Å². The second-order valence-corrected chi connectivity index (χ2v) is 7.58. The van der Waals surface area contributed by atoms with Crippen molar-refractivity contribution in [1.29, 1.82) is 0 Å². The Labute approximate surface area is 128 Å². The number of aromatic nitrogens is 5. The zero-order chi connectivity index (χ0) is 16.7. The lowest BCUT2D eigenvalue weighted by atomic mass is 9.97. The van der Waals surface area contributed by atoms with Crippen molar-refractivity contribution in [2.45, 2.75) is 53.6 Å². The molecule has 0 atom stereocenters. The molecule has 2 aromatic rings. The normalized spacial score (nSPS) is 12.6. The molecular formula is C14H22N6O2. The Balaban J connectivity index is 2.45. The molecule has 0 spiro atoms. The molecule has 2 rings (SSSR count). The van der Waals surface area contributed by atoms with Gasteiger partial charge < -0.3 is 5.32 Å². The molecule has 8 heteroatoms. The van der Waals surface area contributed by atoms with Crippen molar-refractivity contribution in [3.05, 3.63) is 22.5 Å². The van der Waals surface area contributed by atoms with Gasteiger partial charge in [0.15, 0.2) is 11.3 Å². The Morgan fingerprint density at radius 3 is 2.41 bits per heavy atom. The number of carbonyl (C=O) groups is 1. The van der Waals surface area contributed by atoms with E-state index in [1.165, 1.54) is 15.4 Å². The van der Waals surface area contributed by atoms with Crippen molar-refractivity contribution < 1.29 is 4.79 Å². The van der Waals surface area contributed by atoms with E-state index in [9.17, 15) is 9.59 Å². The molecule has 120 valence electrons. The SMILES string of the molecule is CC(C)(C)Cn1nnc2c(C(=O)NC(C)(C)C)ncn2c1=O. The first-order chi connectivity index (χ1) is 9.98. The first-order valence-electron chi connectivity index (χ1n) is 7.11. The largest absolute Gasteiger partial charge is 0.352 e. The molecule has 22 heavy (non-hydrogen) atoms. The lowest BCUT2D eigenvalue weighted by Crippen LogP contribution is -2.41. The van der Waals surface area contributed by atoms with Crippen molar-refractivity contribution >= 4 is 11.6 Å². The summed E-state index contributed by atoms with van der Waals surface area (Å²) in [5.74, 6) is -0.378. The smallest absolute Gasteiger partial charge is 0.346 e. The molecule has 0 bridgehead atoms. The van der Waals surface area contributed by atoms with Gasteiger partial charge in [-0.3, -0.25) is 4.79 Å². The van der Waals surface area contributed by atoms with Gasteiger partial charge in [-0.2, -0.15) is 4.68 Å². The molecule has 1 amide bonds. The summed E-state index contributed by atoms with van der Waals surface area (Å²) in [5.41, 5.74) is -0.609. The van der Waals surface area contributed by atoms with Gasteiger partial charge in [0, 0.05) is 5.54 Å². The third kappa shape index (κ3) is 3.49. The van der Waals surface area contributed by atoms with Crippen LogP contribution in [-0.2, 0) is 6.54 Å². The van der Waals surface area contributed by atoms with Crippen LogP contribution in [0.5, 0.6) is 0 Å². The molecule has 0 aliphatic carbocycles. The first kappa shape index (κ1) is 16.1. The highest BCUT2D eigenvalue weighted by molar-refractivity contribution is 5.98. The monoisotopic (exact) mass is 306 g/mol. The molecular weight excluding hydrogens is 284 g/mol. The van der Waals surface area contributed by atoms with Crippen LogP contribution in [0.3, 0.4) is 0 Å². The average molecular weight is 306 g/mol. The summed E-state index contributed by atoms with van der Waals surface area (Å²) in [6.07, 6.45) is 1.31. The van der Waals surface area contributed by atoms with Crippen LogP contribution in [-0.4, -0.2) is 35.8 Å². The highest BCUT2D eigenvalue weighted by Gasteiger charge is 2.22. The summed E-state index contributed by atoms with van der Waals surface area (Å²) in [6, 6.07) is 0. The molecule has 0 fully saturated rings. The highest BCUT2D eigenvalue weighted by atomic mass is 16.2. The molecule has 0 unspecified atom stereocenters. The van der Waals surface area contributed by atoms with Gasteiger partial charge in [-0.05, 0) is 26.2 Å². The average Bonchev–Trinajstić information content (AvgIpc) is 2.73. The molecule has 0 radical (unpaired) electrons. The van der Waals surface area contributed by atoms with Crippen molar-refractivity contribution in [2.24, 2.45) is 5.41 Å². The maximum atomic E-state index is 12.4.